The summed E-state index contributed by atoms with van der Waals surface area (Å²) in [6, 6.07) is 0. The Labute approximate surface area is 83.2 Å². The minimum Gasteiger partial charge on any atom is -0.481 e. The zero-order valence-electron chi connectivity index (χ0n) is 8.49. The first kappa shape index (κ1) is 12.7. The quantitative estimate of drug-likeness (QED) is 0.642. The molecule has 0 spiro atoms. The molecule has 0 aliphatic carbocycles. The first-order valence-electron chi connectivity index (χ1n) is 4.65. The summed E-state index contributed by atoms with van der Waals surface area (Å²) in [6.45, 7) is 3.85. The van der Waals surface area contributed by atoms with Gasteiger partial charge in [0.25, 0.3) is 0 Å². The van der Waals surface area contributed by atoms with Crippen LogP contribution in [-0.4, -0.2) is 22.2 Å². The Bertz CT molecular complexity index is 237. The number of rotatable bonds is 6. The molecule has 1 unspecified atom stereocenters. The lowest BCUT2D eigenvalue weighted by molar-refractivity contribution is -0.146. The zero-order chi connectivity index (χ0) is 11.1. The molecule has 0 heterocycles. The van der Waals surface area contributed by atoms with Crippen LogP contribution in [0.15, 0.2) is 11.6 Å². The fourth-order valence-corrected chi connectivity index (χ4v) is 1.18. The third-order valence-electron chi connectivity index (χ3n) is 2.06. The Balaban J connectivity index is 4.57. The van der Waals surface area contributed by atoms with Gasteiger partial charge in [-0.25, -0.2) is 0 Å². The molecule has 0 aromatic heterocycles. The van der Waals surface area contributed by atoms with Crippen molar-refractivity contribution in [2.75, 3.05) is 0 Å². The van der Waals surface area contributed by atoms with E-state index in [2.05, 4.69) is 0 Å². The van der Waals surface area contributed by atoms with E-state index in [4.69, 9.17) is 10.2 Å². The Morgan fingerprint density at radius 1 is 1.21 bits per heavy atom. The molecular weight excluding hydrogens is 184 g/mol. The Morgan fingerprint density at radius 3 is 2.00 bits per heavy atom. The molecule has 0 aliphatic heterocycles. The van der Waals surface area contributed by atoms with E-state index in [-0.39, 0.29) is 6.42 Å². The predicted octanol–water partition coefficient (Wildman–Crippen LogP) is 1.91. The van der Waals surface area contributed by atoms with Crippen LogP contribution in [0.1, 0.15) is 33.1 Å². The van der Waals surface area contributed by atoms with E-state index in [1.54, 1.807) is 6.08 Å². The van der Waals surface area contributed by atoms with Crippen molar-refractivity contribution in [1.82, 2.24) is 0 Å². The normalized spacial score (nSPS) is 11.9. The third kappa shape index (κ3) is 4.64. The van der Waals surface area contributed by atoms with Crippen molar-refractivity contribution >= 4 is 11.9 Å². The monoisotopic (exact) mass is 200 g/mol. The lowest BCUT2D eigenvalue weighted by atomic mass is 9.99. The van der Waals surface area contributed by atoms with Gasteiger partial charge in [-0.05, 0) is 12.8 Å². The lowest BCUT2D eigenvalue weighted by Gasteiger charge is -2.07. The third-order valence-corrected chi connectivity index (χ3v) is 2.06. The van der Waals surface area contributed by atoms with E-state index in [0.29, 0.717) is 0 Å². The number of hydrogen-bond acceptors (Lipinski definition) is 2. The molecule has 0 amide bonds. The average Bonchev–Trinajstić information content (AvgIpc) is 2.11. The minimum atomic E-state index is -1.08. The van der Waals surface area contributed by atoms with Crippen LogP contribution >= 0.6 is 0 Å². The fourth-order valence-electron chi connectivity index (χ4n) is 1.18. The SMILES string of the molecule is CCC(=CC(CC(=O)O)C(=O)O)CC. The first-order chi connectivity index (χ1) is 6.51. The highest BCUT2D eigenvalue weighted by Gasteiger charge is 2.18. The maximum atomic E-state index is 10.7. The van der Waals surface area contributed by atoms with Gasteiger partial charge in [0.05, 0.1) is 12.3 Å². The summed E-state index contributed by atoms with van der Waals surface area (Å²) in [7, 11) is 0. The molecule has 0 rings (SSSR count). The van der Waals surface area contributed by atoms with Gasteiger partial charge in [0.1, 0.15) is 0 Å². The fraction of sp³-hybridized carbons (Fsp3) is 0.600. The topological polar surface area (TPSA) is 74.6 Å². The summed E-state index contributed by atoms with van der Waals surface area (Å²) in [5.41, 5.74) is 0.985. The standard InChI is InChI=1S/C10H16O4/c1-3-7(4-2)5-8(10(13)14)6-9(11)12/h5,8H,3-4,6H2,1-2H3,(H,11,12)(H,13,14). The van der Waals surface area contributed by atoms with Crippen molar-refractivity contribution in [2.45, 2.75) is 33.1 Å². The second kappa shape index (κ2) is 6.18. The van der Waals surface area contributed by atoms with Gasteiger partial charge in [-0.1, -0.05) is 25.5 Å². The summed E-state index contributed by atoms with van der Waals surface area (Å²) in [6.07, 6.45) is 2.73. The number of carboxylic acids is 2. The molecule has 0 fully saturated rings. The second-order valence-electron chi connectivity index (χ2n) is 3.07. The number of hydrogen-bond donors (Lipinski definition) is 2. The van der Waals surface area contributed by atoms with E-state index < -0.39 is 17.9 Å². The van der Waals surface area contributed by atoms with Crippen LogP contribution in [0.25, 0.3) is 0 Å². The molecule has 0 bridgehead atoms. The zero-order valence-corrected chi connectivity index (χ0v) is 8.49. The first-order valence-corrected chi connectivity index (χ1v) is 4.65. The van der Waals surface area contributed by atoms with Crippen LogP contribution in [0.3, 0.4) is 0 Å². The molecule has 4 nitrogen and oxygen atoms in total. The molecule has 1 atom stereocenters. The maximum absolute atomic E-state index is 10.7. The summed E-state index contributed by atoms with van der Waals surface area (Å²) in [5, 5.41) is 17.3. The maximum Gasteiger partial charge on any atom is 0.310 e. The van der Waals surface area contributed by atoms with Gasteiger partial charge in [-0.15, -0.1) is 0 Å². The van der Waals surface area contributed by atoms with E-state index in [1.807, 2.05) is 13.8 Å². The van der Waals surface area contributed by atoms with Crippen LogP contribution in [0.5, 0.6) is 0 Å². The summed E-state index contributed by atoms with van der Waals surface area (Å²) >= 11 is 0. The lowest BCUT2D eigenvalue weighted by Crippen LogP contribution is -2.16. The molecule has 2 N–H and O–H groups in total. The summed E-state index contributed by atoms with van der Waals surface area (Å²) in [5.74, 6) is -3.06. The molecule has 0 saturated heterocycles. The van der Waals surface area contributed by atoms with Gasteiger partial charge >= 0.3 is 11.9 Å². The largest absolute Gasteiger partial charge is 0.481 e. The van der Waals surface area contributed by atoms with Crippen molar-refractivity contribution in [1.29, 1.82) is 0 Å². The number of aliphatic carboxylic acids is 2. The molecule has 4 heteroatoms. The van der Waals surface area contributed by atoms with E-state index in [1.165, 1.54) is 0 Å². The Kier molecular flexibility index (Phi) is 5.60. The van der Waals surface area contributed by atoms with Gasteiger partial charge < -0.3 is 10.2 Å². The molecule has 0 saturated carbocycles. The number of carbonyl (C=O) groups is 2. The van der Waals surface area contributed by atoms with Crippen molar-refractivity contribution in [2.24, 2.45) is 5.92 Å². The number of allylic oxidation sites excluding steroid dienone is 1. The van der Waals surface area contributed by atoms with Crippen molar-refractivity contribution < 1.29 is 19.8 Å². The molecule has 80 valence electrons. The van der Waals surface area contributed by atoms with E-state index >= 15 is 0 Å². The highest BCUT2D eigenvalue weighted by atomic mass is 16.4. The highest BCUT2D eigenvalue weighted by molar-refractivity contribution is 5.79. The molecule has 0 aromatic carbocycles. The van der Waals surface area contributed by atoms with E-state index in [0.717, 1.165) is 18.4 Å². The second-order valence-corrected chi connectivity index (χ2v) is 3.07. The molecule has 0 aromatic rings. The molecular formula is C10H16O4. The molecule has 14 heavy (non-hydrogen) atoms. The summed E-state index contributed by atoms with van der Waals surface area (Å²) < 4.78 is 0. The predicted molar refractivity (Wildman–Crippen MR) is 52.0 cm³/mol. The Hall–Kier alpha value is -1.32. The van der Waals surface area contributed by atoms with Crippen LogP contribution in [0.4, 0.5) is 0 Å². The van der Waals surface area contributed by atoms with Crippen molar-refractivity contribution in [3.05, 3.63) is 11.6 Å². The van der Waals surface area contributed by atoms with Gasteiger partial charge in [-0.3, -0.25) is 9.59 Å². The van der Waals surface area contributed by atoms with Gasteiger partial charge in [0, 0.05) is 0 Å². The van der Waals surface area contributed by atoms with Crippen LogP contribution in [0, 0.1) is 5.92 Å². The van der Waals surface area contributed by atoms with Gasteiger partial charge in [-0.2, -0.15) is 0 Å². The molecule has 0 aliphatic rings. The van der Waals surface area contributed by atoms with Gasteiger partial charge in [0.2, 0.25) is 0 Å². The minimum absolute atomic E-state index is 0.348. The number of carboxylic acid groups (broad SMARTS) is 2. The van der Waals surface area contributed by atoms with Gasteiger partial charge in [0.15, 0.2) is 0 Å². The Morgan fingerprint density at radius 2 is 1.71 bits per heavy atom. The van der Waals surface area contributed by atoms with Crippen LogP contribution < -0.4 is 0 Å². The van der Waals surface area contributed by atoms with Crippen LogP contribution in [-0.2, 0) is 9.59 Å². The average molecular weight is 200 g/mol. The van der Waals surface area contributed by atoms with Crippen molar-refractivity contribution in [3.63, 3.8) is 0 Å². The van der Waals surface area contributed by atoms with E-state index in [9.17, 15) is 9.59 Å². The van der Waals surface area contributed by atoms with Crippen LogP contribution in [0.2, 0.25) is 0 Å². The van der Waals surface area contributed by atoms with Crippen molar-refractivity contribution in [3.8, 4) is 0 Å². The summed E-state index contributed by atoms with van der Waals surface area (Å²) in [4.78, 5) is 21.1. The highest BCUT2D eigenvalue weighted by Crippen LogP contribution is 2.13. The molecule has 0 radical (unpaired) electrons. The smallest absolute Gasteiger partial charge is 0.310 e.